The lowest BCUT2D eigenvalue weighted by molar-refractivity contribution is -0.135. The first-order valence-corrected chi connectivity index (χ1v) is 9.30. The van der Waals surface area contributed by atoms with Crippen LogP contribution in [0, 0.1) is 17.3 Å². The maximum Gasteiger partial charge on any atom is 0.226 e. The number of hydrogen-bond acceptors (Lipinski definition) is 2. The summed E-state index contributed by atoms with van der Waals surface area (Å²) < 4.78 is 0. The molecule has 2 aliphatic heterocycles. The smallest absolute Gasteiger partial charge is 0.226 e. The fraction of sp³-hybridized carbons (Fsp3) is 0.650. The molecular weight excluding hydrogens is 284 g/mol. The van der Waals surface area contributed by atoms with Crippen molar-refractivity contribution in [3.8, 4) is 0 Å². The molecule has 1 saturated carbocycles. The fourth-order valence-electron chi connectivity index (χ4n) is 4.68. The van der Waals surface area contributed by atoms with Gasteiger partial charge in [-0.3, -0.25) is 4.79 Å². The number of hydrogen-bond donors (Lipinski definition) is 1. The predicted octanol–water partition coefficient (Wildman–Crippen LogP) is 2.86. The third-order valence-electron chi connectivity index (χ3n) is 6.29. The van der Waals surface area contributed by atoms with Crippen LogP contribution in [0.2, 0.25) is 0 Å². The van der Waals surface area contributed by atoms with Crippen molar-refractivity contribution in [2.45, 2.75) is 38.5 Å². The Morgan fingerprint density at radius 3 is 2.70 bits per heavy atom. The highest BCUT2D eigenvalue weighted by molar-refractivity contribution is 5.83. The highest BCUT2D eigenvalue weighted by Crippen LogP contribution is 2.57. The van der Waals surface area contributed by atoms with Crippen molar-refractivity contribution in [3.63, 3.8) is 0 Å². The van der Waals surface area contributed by atoms with Crippen LogP contribution >= 0.6 is 0 Å². The van der Waals surface area contributed by atoms with Crippen LogP contribution in [0.3, 0.4) is 0 Å². The van der Waals surface area contributed by atoms with Gasteiger partial charge < -0.3 is 10.2 Å². The van der Waals surface area contributed by atoms with E-state index in [0.717, 1.165) is 38.5 Å². The van der Waals surface area contributed by atoms with Gasteiger partial charge in [0.1, 0.15) is 0 Å². The maximum absolute atomic E-state index is 12.8. The minimum absolute atomic E-state index is 0.320. The number of nitrogens with zero attached hydrogens (tertiary/aromatic N) is 1. The van der Waals surface area contributed by atoms with Gasteiger partial charge in [-0.05, 0) is 62.0 Å². The Hall–Kier alpha value is -1.35. The van der Waals surface area contributed by atoms with Crippen molar-refractivity contribution in [2.75, 3.05) is 26.2 Å². The van der Waals surface area contributed by atoms with Crippen molar-refractivity contribution in [2.24, 2.45) is 17.3 Å². The molecule has 124 valence electrons. The lowest BCUT2D eigenvalue weighted by Gasteiger charge is -2.33. The van der Waals surface area contributed by atoms with Gasteiger partial charge in [-0.25, -0.2) is 0 Å². The third-order valence-corrected chi connectivity index (χ3v) is 6.29. The number of carbonyl (C=O) groups is 1. The summed E-state index contributed by atoms with van der Waals surface area (Å²) in [6, 6.07) is 10.8. The van der Waals surface area contributed by atoms with Crippen molar-refractivity contribution >= 4 is 5.91 Å². The van der Waals surface area contributed by atoms with Crippen LogP contribution in [-0.4, -0.2) is 37.0 Å². The van der Waals surface area contributed by atoms with Gasteiger partial charge in [0.25, 0.3) is 0 Å². The second-order valence-electron chi connectivity index (χ2n) is 7.86. The minimum Gasteiger partial charge on any atom is -0.342 e. The van der Waals surface area contributed by atoms with Crippen LogP contribution in [0.1, 0.15) is 37.7 Å². The van der Waals surface area contributed by atoms with Gasteiger partial charge in [0.05, 0.1) is 0 Å². The van der Waals surface area contributed by atoms with E-state index in [1.807, 2.05) is 0 Å². The van der Waals surface area contributed by atoms with E-state index in [9.17, 15) is 4.79 Å². The van der Waals surface area contributed by atoms with Crippen molar-refractivity contribution in [3.05, 3.63) is 35.9 Å². The highest BCUT2D eigenvalue weighted by Gasteiger charge is 2.58. The molecule has 2 heterocycles. The van der Waals surface area contributed by atoms with Crippen LogP contribution < -0.4 is 5.32 Å². The zero-order chi connectivity index (χ0) is 15.7. The molecule has 3 aliphatic rings. The number of rotatable bonds is 3. The Labute approximate surface area is 139 Å². The number of piperidine rings is 2. The molecule has 0 aromatic heterocycles. The first kappa shape index (κ1) is 15.2. The Bertz CT molecular complexity index is 542. The van der Waals surface area contributed by atoms with Crippen LogP contribution in [0.15, 0.2) is 30.3 Å². The number of carbonyl (C=O) groups excluding carboxylic acids is 1. The zero-order valence-corrected chi connectivity index (χ0v) is 14.0. The van der Waals surface area contributed by atoms with E-state index in [0.29, 0.717) is 17.2 Å². The van der Waals surface area contributed by atoms with Crippen LogP contribution in [-0.2, 0) is 11.2 Å². The average molecular weight is 312 g/mol. The van der Waals surface area contributed by atoms with E-state index in [-0.39, 0.29) is 0 Å². The van der Waals surface area contributed by atoms with Crippen LogP contribution in [0.25, 0.3) is 0 Å². The van der Waals surface area contributed by atoms with Gasteiger partial charge in [0.2, 0.25) is 5.91 Å². The molecule has 0 radical (unpaired) electrons. The molecule has 2 unspecified atom stereocenters. The Morgan fingerprint density at radius 1 is 1.22 bits per heavy atom. The van der Waals surface area contributed by atoms with Gasteiger partial charge in [-0.2, -0.15) is 0 Å². The van der Waals surface area contributed by atoms with Gasteiger partial charge in [-0.15, -0.1) is 0 Å². The molecular formula is C20H28N2O. The molecule has 1 spiro atoms. The molecule has 1 aromatic carbocycles. The largest absolute Gasteiger partial charge is 0.342 e. The van der Waals surface area contributed by atoms with Gasteiger partial charge >= 0.3 is 0 Å². The molecule has 3 nitrogen and oxygen atoms in total. The van der Waals surface area contributed by atoms with E-state index >= 15 is 0 Å². The molecule has 4 rings (SSSR count). The number of benzene rings is 1. The van der Waals surface area contributed by atoms with E-state index in [1.165, 1.54) is 37.7 Å². The number of likely N-dealkylation sites (tertiary alicyclic amines) is 1. The van der Waals surface area contributed by atoms with E-state index in [1.54, 1.807) is 0 Å². The predicted molar refractivity (Wildman–Crippen MR) is 92.1 cm³/mol. The molecule has 3 fully saturated rings. The molecule has 1 aromatic rings. The lowest BCUT2D eigenvalue weighted by Crippen LogP contribution is -2.42. The van der Waals surface area contributed by atoms with Crippen molar-refractivity contribution < 1.29 is 4.79 Å². The first-order chi connectivity index (χ1) is 11.3. The van der Waals surface area contributed by atoms with Crippen molar-refractivity contribution in [1.29, 1.82) is 0 Å². The highest BCUT2D eigenvalue weighted by atomic mass is 16.2. The molecule has 2 atom stereocenters. The topological polar surface area (TPSA) is 32.3 Å². The lowest BCUT2D eigenvalue weighted by atomic mass is 9.89. The summed E-state index contributed by atoms with van der Waals surface area (Å²) in [7, 11) is 0. The number of amides is 1. The SMILES string of the molecule is O=C(C1CC12CCCNC2)N1CCC(Cc2ccccc2)CC1. The summed E-state index contributed by atoms with van der Waals surface area (Å²) in [6.45, 7) is 4.13. The van der Waals surface area contributed by atoms with Crippen LogP contribution in [0.5, 0.6) is 0 Å². The fourth-order valence-corrected chi connectivity index (χ4v) is 4.68. The Kier molecular flexibility index (Phi) is 4.14. The molecule has 23 heavy (non-hydrogen) atoms. The standard InChI is InChI=1S/C20H28N2O/c23-19(18-14-20(18)9-4-10-21-15-20)22-11-7-17(8-12-22)13-16-5-2-1-3-6-16/h1-3,5-6,17-18,21H,4,7-15H2. The molecule has 1 amide bonds. The Balaban J connectivity index is 1.27. The summed E-state index contributed by atoms with van der Waals surface area (Å²) in [6.07, 6.45) is 7.12. The summed E-state index contributed by atoms with van der Waals surface area (Å²) >= 11 is 0. The summed E-state index contributed by atoms with van der Waals surface area (Å²) in [5.74, 6) is 1.51. The quantitative estimate of drug-likeness (QED) is 0.931. The average Bonchev–Trinajstić information content (AvgIpc) is 3.29. The normalized spacial score (nSPS) is 31.3. The van der Waals surface area contributed by atoms with E-state index in [2.05, 4.69) is 40.5 Å². The monoisotopic (exact) mass is 312 g/mol. The molecule has 0 bridgehead atoms. The molecule has 1 N–H and O–H groups in total. The van der Waals surface area contributed by atoms with Gasteiger partial charge in [0, 0.05) is 25.6 Å². The minimum atomic E-state index is 0.320. The Morgan fingerprint density at radius 2 is 2.00 bits per heavy atom. The maximum atomic E-state index is 12.8. The van der Waals surface area contributed by atoms with Crippen LogP contribution in [0.4, 0.5) is 0 Å². The number of nitrogens with one attached hydrogen (secondary N) is 1. The van der Waals surface area contributed by atoms with Gasteiger partial charge in [-0.1, -0.05) is 30.3 Å². The molecule has 3 heteroatoms. The van der Waals surface area contributed by atoms with E-state index in [4.69, 9.17) is 0 Å². The third kappa shape index (κ3) is 3.16. The molecule has 2 saturated heterocycles. The second-order valence-corrected chi connectivity index (χ2v) is 7.86. The first-order valence-electron chi connectivity index (χ1n) is 9.30. The summed E-state index contributed by atoms with van der Waals surface area (Å²) in [5, 5.41) is 3.49. The molecule has 1 aliphatic carbocycles. The second kappa shape index (κ2) is 6.27. The summed E-state index contributed by atoms with van der Waals surface area (Å²) in [5.41, 5.74) is 1.77. The van der Waals surface area contributed by atoms with E-state index < -0.39 is 0 Å². The zero-order valence-electron chi connectivity index (χ0n) is 14.0. The summed E-state index contributed by atoms with van der Waals surface area (Å²) in [4.78, 5) is 15.0. The van der Waals surface area contributed by atoms with Crippen molar-refractivity contribution in [1.82, 2.24) is 10.2 Å². The van der Waals surface area contributed by atoms with Gasteiger partial charge in [0.15, 0.2) is 0 Å².